The van der Waals surface area contributed by atoms with E-state index in [-0.39, 0.29) is 0 Å². The average Bonchev–Trinajstić information content (AvgIpc) is 2.35. The molecule has 0 heterocycles. The number of ether oxygens (including phenoxy) is 1. The number of aromatic carboxylic acids is 1. The molecule has 0 saturated carbocycles. The minimum Gasteiger partial charge on any atom is -0.484 e. The van der Waals surface area contributed by atoms with E-state index in [0.29, 0.717) is 18.2 Å². The zero-order valence-electron chi connectivity index (χ0n) is 10.2. The number of benzene rings is 1. The summed E-state index contributed by atoms with van der Waals surface area (Å²) in [5.74, 6) is -16.2. The first kappa shape index (κ1) is 18.0. The maximum absolute atomic E-state index is 13.3. The Bertz CT molecular complexity index is 567. The summed E-state index contributed by atoms with van der Waals surface area (Å²) in [6.45, 7) is -2.46. The fraction of sp³-hybridized carbons (Fsp3) is 0.364. The van der Waals surface area contributed by atoms with Gasteiger partial charge in [0.25, 0.3) is 0 Å². The fourth-order valence-electron chi connectivity index (χ4n) is 1.22. The zero-order valence-corrected chi connectivity index (χ0v) is 10.2. The highest BCUT2D eigenvalue weighted by Gasteiger charge is 2.73. The number of carboxylic acids is 1. The second-order valence-electron chi connectivity index (χ2n) is 4.02. The molecule has 1 N–H and O–H groups in total. The third-order valence-electron chi connectivity index (χ3n) is 2.40. The quantitative estimate of drug-likeness (QED) is 0.832. The topological polar surface area (TPSA) is 46.5 Å². The number of hydrogen-bond donors (Lipinski definition) is 1. The van der Waals surface area contributed by atoms with Gasteiger partial charge in [-0.3, -0.25) is 0 Å². The van der Waals surface area contributed by atoms with Gasteiger partial charge in [-0.1, -0.05) is 0 Å². The van der Waals surface area contributed by atoms with Crippen LogP contribution < -0.4 is 4.74 Å². The molecule has 0 bridgehead atoms. The van der Waals surface area contributed by atoms with Crippen molar-refractivity contribution in [3.05, 3.63) is 29.6 Å². The maximum Gasteiger partial charge on any atom is 0.460 e. The van der Waals surface area contributed by atoms with Gasteiger partial charge in [0, 0.05) is 0 Å². The lowest BCUT2D eigenvalue weighted by molar-refractivity contribution is -0.358. The molecule has 0 fully saturated rings. The minimum atomic E-state index is -6.52. The maximum atomic E-state index is 13.3. The van der Waals surface area contributed by atoms with Crippen LogP contribution in [0.3, 0.4) is 0 Å². The SMILES string of the molecule is O=C(O)c1ccc(OCC(F)(F)C(F)(F)C(F)(F)F)c(F)c1. The summed E-state index contributed by atoms with van der Waals surface area (Å²) < 4.78 is 104. The Morgan fingerprint density at radius 2 is 1.64 bits per heavy atom. The van der Waals surface area contributed by atoms with Crippen LogP contribution in [0.1, 0.15) is 10.4 Å². The number of halogens is 8. The summed E-state index contributed by atoms with van der Waals surface area (Å²) in [6, 6.07) is 1.54. The first-order chi connectivity index (χ1) is 9.79. The van der Waals surface area contributed by atoms with Crippen molar-refractivity contribution in [1.82, 2.24) is 0 Å². The molecule has 3 nitrogen and oxygen atoms in total. The molecule has 0 aliphatic heterocycles. The predicted molar refractivity (Wildman–Crippen MR) is 54.8 cm³/mol. The van der Waals surface area contributed by atoms with E-state index < -0.39 is 47.7 Å². The lowest BCUT2D eigenvalue weighted by Gasteiger charge is -2.27. The second kappa shape index (κ2) is 5.61. The Morgan fingerprint density at radius 3 is 2.05 bits per heavy atom. The van der Waals surface area contributed by atoms with Gasteiger partial charge in [-0.2, -0.15) is 30.7 Å². The van der Waals surface area contributed by atoms with Crippen LogP contribution in [0.2, 0.25) is 0 Å². The van der Waals surface area contributed by atoms with Crippen LogP contribution in [0, 0.1) is 5.82 Å². The second-order valence-corrected chi connectivity index (χ2v) is 4.02. The van der Waals surface area contributed by atoms with E-state index in [9.17, 15) is 39.9 Å². The van der Waals surface area contributed by atoms with E-state index >= 15 is 0 Å². The van der Waals surface area contributed by atoms with Crippen molar-refractivity contribution in [3.63, 3.8) is 0 Å². The van der Waals surface area contributed by atoms with Crippen LogP contribution in [-0.2, 0) is 0 Å². The number of alkyl halides is 7. The molecule has 0 aliphatic carbocycles. The minimum absolute atomic E-state index is 0.331. The van der Waals surface area contributed by atoms with E-state index in [0.717, 1.165) is 0 Å². The summed E-state index contributed by atoms with van der Waals surface area (Å²) >= 11 is 0. The molecular weight excluding hydrogens is 332 g/mol. The van der Waals surface area contributed by atoms with Gasteiger partial charge in [0.2, 0.25) is 0 Å². The monoisotopic (exact) mass is 338 g/mol. The number of rotatable bonds is 5. The molecular formula is C11H6F8O3. The molecule has 0 spiro atoms. The van der Waals surface area contributed by atoms with Crippen molar-refractivity contribution >= 4 is 5.97 Å². The molecule has 1 aromatic rings. The van der Waals surface area contributed by atoms with Gasteiger partial charge in [0.1, 0.15) is 0 Å². The van der Waals surface area contributed by atoms with Gasteiger partial charge in [0.05, 0.1) is 5.56 Å². The largest absolute Gasteiger partial charge is 0.484 e. The lowest BCUT2D eigenvalue weighted by atomic mass is 10.1. The molecule has 0 aliphatic rings. The summed E-state index contributed by atoms with van der Waals surface area (Å²) in [5, 5.41) is 8.50. The molecule has 0 atom stereocenters. The zero-order chi connectivity index (χ0) is 17.3. The van der Waals surface area contributed by atoms with Crippen LogP contribution in [0.5, 0.6) is 5.75 Å². The Morgan fingerprint density at radius 1 is 1.09 bits per heavy atom. The van der Waals surface area contributed by atoms with Gasteiger partial charge in [0.15, 0.2) is 18.2 Å². The predicted octanol–water partition coefficient (Wildman–Crippen LogP) is 3.74. The summed E-state index contributed by atoms with van der Waals surface area (Å²) in [4.78, 5) is 10.5. The number of hydrogen-bond acceptors (Lipinski definition) is 2. The molecule has 11 heteroatoms. The molecule has 0 radical (unpaired) electrons. The van der Waals surface area contributed by atoms with Gasteiger partial charge in [-0.25, -0.2) is 9.18 Å². The molecule has 22 heavy (non-hydrogen) atoms. The third-order valence-corrected chi connectivity index (χ3v) is 2.40. The van der Waals surface area contributed by atoms with Crippen molar-refractivity contribution in [2.75, 3.05) is 6.61 Å². The normalized spacial score (nSPS) is 13.1. The van der Waals surface area contributed by atoms with Crippen molar-refractivity contribution in [1.29, 1.82) is 0 Å². The summed E-state index contributed by atoms with van der Waals surface area (Å²) in [6.07, 6.45) is -6.52. The van der Waals surface area contributed by atoms with E-state index in [1.807, 2.05) is 0 Å². The average molecular weight is 338 g/mol. The van der Waals surface area contributed by atoms with Crippen LogP contribution in [0.4, 0.5) is 35.1 Å². The smallest absolute Gasteiger partial charge is 0.460 e. The highest BCUT2D eigenvalue weighted by atomic mass is 19.4. The van der Waals surface area contributed by atoms with Crippen molar-refractivity contribution in [2.45, 2.75) is 18.0 Å². The van der Waals surface area contributed by atoms with E-state index in [2.05, 4.69) is 4.74 Å². The Kier molecular flexibility index (Phi) is 4.59. The van der Waals surface area contributed by atoms with Crippen molar-refractivity contribution in [3.8, 4) is 5.75 Å². The highest BCUT2D eigenvalue weighted by Crippen LogP contribution is 2.46. The molecule has 0 amide bonds. The van der Waals surface area contributed by atoms with Crippen LogP contribution in [0.15, 0.2) is 18.2 Å². The van der Waals surface area contributed by atoms with Crippen LogP contribution in [-0.4, -0.2) is 35.7 Å². The Hall–Kier alpha value is -2.07. The van der Waals surface area contributed by atoms with Crippen LogP contribution in [0.25, 0.3) is 0 Å². The first-order valence-corrected chi connectivity index (χ1v) is 5.27. The number of carboxylic acid groups (broad SMARTS) is 1. The van der Waals surface area contributed by atoms with Crippen molar-refractivity contribution in [2.24, 2.45) is 0 Å². The van der Waals surface area contributed by atoms with Crippen molar-refractivity contribution < 1.29 is 49.8 Å². The molecule has 0 unspecified atom stereocenters. The van der Waals surface area contributed by atoms with Gasteiger partial charge in [-0.05, 0) is 18.2 Å². The van der Waals surface area contributed by atoms with E-state index in [1.54, 1.807) is 0 Å². The lowest BCUT2D eigenvalue weighted by Crippen LogP contribution is -2.54. The van der Waals surface area contributed by atoms with Crippen LogP contribution >= 0.6 is 0 Å². The van der Waals surface area contributed by atoms with E-state index in [4.69, 9.17) is 5.11 Å². The van der Waals surface area contributed by atoms with Gasteiger partial charge < -0.3 is 9.84 Å². The molecule has 1 rings (SSSR count). The first-order valence-electron chi connectivity index (χ1n) is 5.27. The summed E-state index contributed by atoms with van der Waals surface area (Å²) in [5.41, 5.74) is -0.600. The summed E-state index contributed by atoms with van der Waals surface area (Å²) in [7, 11) is 0. The molecule has 124 valence electrons. The highest BCUT2D eigenvalue weighted by molar-refractivity contribution is 5.87. The molecule has 0 saturated heterocycles. The Balaban J connectivity index is 2.92. The molecule has 1 aromatic carbocycles. The standard InChI is InChI=1S/C11H6F8O3/c12-6-3-5(8(20)21)1-2-7(6)22-4-9(13,14)10(15,16)11(17,18)19/h1-3H,4H2,(H,20,21). The molecule has 0 aromatic heterocycles. The third kappa shape index (κ3) is 3.39. The fourth-order valence-corrected chi connectivity index (χ4v) is 1.22. The van der Waals surface area contributed by atoms with E-state index in [1.165, 1.54) is 0 Å². The Labute approximate surface area is 117 Å². The van der Waals surface area contributed by atoms with Gasteiger partial charge in [-0.15, -0.1) is 0 Å². The number of carbonyl (C=O) groups is 1. The van der Waals surface area contributed by atoms with Gasteiger partial charge >= 0.3 is 24.0 Å².